The molecule has 1 aromatic heterocycles. The van der Waals surface area contributed by atoms with E-state index in [-0.39, 0.29) is 17.9 Å². The van der Waals surface area contributed by atoms with Gasteiger partial charge in [-0.1, -0.05) is 0 Å². The predicted octanol–water partition coefficient (Wildman–Crippen LogP) is 3.10. The van der Waals surface area contributed by atoms with E-state index in [9.17, 15) is 9.59 Å². The molecule has 0 aliphatic heterocycles. The summed E-state index contributed by atoms with van der Waals surface area (Å²) in [6.45, 7) is 0. The number of pyridine rings is 1. The van der Waals surface area contributed by atoms with E-state index >= 15 is 0 Å². The SMILES string of the molecule is COc1ccc2nc(C3CC3)cc(C(=O)N[C@H]3CC[C@@H](C(=O)O)C3)c2c1. The molecule has 0 radical (unpaired) electrons. The molecule has 2 aliphatic carbocycles. The molecule has 0 saturated heterocycles. The Morgan fingerprint density at radius 3 is 2.65 bits per heavy atom. The summed E-state index contributed by atoms with van der Waals surface area (Å²) in [6, 6.07) is 7.36. The van der Waals surface area contributed by atoms with Gasteiger partial charge in [-0.15, -0.1) is 0 Å². The highest BCUT2D eigenvalue weighted by atomic mass is 16.5. The molecular formula is C20H22N2O4. The van der Waals surface area contributed by atoms with E-state index in [0.717, 1.165) is 29.4 Å². The maximum absolute atomic E-state index is 13.0. The van der Waals surface area contributed by atoms with Gasteiger partial charge in [-0.25, -0.2) is 0 Å². The van der Waals surface area contributed by atoms with Gasteiger partial charge in [0.25, 0.3) is 5.91 Å². The molecule has 136 valence electrons. The van der Waals surface area contributed by atoms with Gasteiger partial charge in [-0.2, -0.15) is 0 Å². The van der Waals surface area contributed by atoms with Crippen LogP contribution in [0.25, 0.3) is 10.9 Å². The van der Waals surface area contributed by atoms with Gasteiger partial charge in [-0.05, 0) is 56.4 Å². The quantitative estimate of drug-likeness (QED) is 0.861. The Hall–Kier alpha value is -2.63. The van der Waals surface area contributed by atoms with Crippen LogP contribution in [0.1, 0.15) is 54.1 Å². The molecule has 1 amide bonds. The Balaban J connectivity index is 1.65. The first-order valence-electron chi connectivity index (χ1n) is 9.07. The summed E-state index contributed by atoms with van der Waals surface area (Å²) >= 11 is 0. The highest BCUT2D eigenvalue weighted by Gasteiger charge is 2.32. The lowest BCUT2D eigenvalue weighted by Gasteiger charge is -2.15. The van der Waals surface area contributed by atoms with Crippen LogP contribution >= 0.6 is 0 Å². The zero-order chi connectivity index (χ0) is 18.3. The number of fused-ring (bicyclic) bond motifs is 1. The van der Waals surface area contributed by atoms with Crippen LogP contribution in [0.2, 0.25) is 0 Å². The molecule has 6 heteroatoms. The van der Waals surface area contributed by atoms with E-state index in [0.29, 0.717) is 36.5 Å². The fraction of sp³-hybridized carbons (Fsp3) is 0.450. The molecular weight excluding hydrogens is 332 g/mol. The van der Waals surface area contributed by atoms with Crippen LogP contribution in [0.5, 0.6) is 5.75 Å². The molecule has 2 aromatic rings. The number of rotatable bonds is 5. The molecule has 1 heterocycles. The number of aliphatic carboxylic acids is 1. The third-order valence-corrected chi connectivity index (χ3v) is 5.39. The van der Waals surface area contributed by atoms with Crippen molar-refractivity contribution in [2.45, 2.75) is 44.1 Å². The van der Waals surface area contributed by atoms with Crippen LogP contribution < -0.4 is 10.1 Å². The lowest BCUT2D eigenvalue weighted by Crippen LogP contribution is -2.33. The number of nitrogens with one attached hydrogen (secondary N) is 1. The number of carbonyl (C=O) groups excluding carboxylic acids is 1. The lowest BCUT2D eigenvalue weighted by atomic mass is 10.0. The number of methoxy groups -OCH3 is 1. The second-order valence-electron chi connectivity index (χ2n) is 7.27. The zero-order valence-electron chi connectivity index (χ0n) is 14.7. The second-order valence-corrected chi connectivity index (χ2v) is 7.27. The van der Waals surface area contributed by atoms with E-state index < -0.39 is 5.97 Å². The van der Waals surface area contributed by atoms with Crippen LogP contribution in [-0.4, -0.2) is 35.1 Å². The summed E-state index contributed by atoms with van der Waals surface area (Å²) in [5, 5.41) is 12.9. The summed E-state index contributed by atoms with van der Waals surface area (Å²) in [6.07, 6.45) is 4.02. The topological polar surface area (TPSA) is 88.5 Å². The first-order valence-corrected chi connectivity index (χ1v) is 9.07. The summed E-state index contributed by atoms with van der Waals surface area (Å²) in [5.74, 6) is -0.188. The van der Waals surface area contributed by atoms with Gasteiger partial charge in [-0.3, -0.25) is 14.6 Å². The van der Waals surface area contributed by atoms with Crippen LogP contribution in [0.3, 0.4) is 0 Å². The molecule has 2 saturated carbocycles. The lowest BCUT2D eigenvalue weighted by molar-refractivity contribution is -0.141. The number of carboxylic acid groups (broad SMARTS) is 1. The number of carboxylic acids is 1. The maximum atomic E-state index is 13.0. The van der Waals surface area contributed by atoms with Crippen LogP contribution in [0, 0.1) is 5.92 Å². The molecule has 2 aliphatic rings. The Labute approximate surface area is 151 Å². The van der Waals surface area contributed by atoms with Crippen LogP contribution in [0.4, 0.5) is 0 Å². The number of hydrogen-bond acceptors (Lipinski definition) is 4. The third kappa shape index (κ3) is 3.23. The standard InChI is InChI=1S/C20H22N2O4/c1-26-14-6-7-17-15(9-14)16(10-18(22-17)11-2-3-11)19(23)21-13-5-4-12(8-13)20(24)25/h6-7,9-13H,2-5,8H2,1H3,(H,21,23)(H,24,25)/t12-,13+/m1/s1. The molecule has 0 spiro atoms. The van der Waals surface area contributed by atoms with E-state index in [1.54, 1.807) is 7.11 Å². The molecule has 26 heavy (non-hydrogen) atoms. The molecule has 0 bridgehead atoms. The van der Waals surface area contributed by atoms with Crippen molar-refractivity contribution in [1.29, 1.82) is 0 Å². The normalized spacial score (nSPS) is 22.3. The van der Waals surface area contributed by atoms with Gasteiger partial charge in [0.2, 0.25) is 0 Å². The van der Waals surface area contributed by atoms with Crippen molar-refractivity contribution in [1.82, 2.24) is 10.3 Å². The van der Waals surface area contributed by atoms with E-state index in [2.05, 4.69) is 5.32 Å². The predicted molar refractivity (Wildman–Crippen MR) is 96.5 cm³/mol. The van der Waals surface area contributed by atoms with E-state index in [4.69, 9.17) is 14.8 Å². The Kier molecular flexibility index (Phi) is 4.26. The first-order chi connectivity index (χ1) is 12.5. The van der Waals surface area contributed by atoms with E-state index in [1.807, 2.05) is 24.3 Å². The highest BCUT2D eigenvalue weighted by Crippen LogP contribution is 2.40. The number of hydrogen-bond donors (Lipinski definition) is 2. The molecule has 2 N–H and O–H groups in total. The molecule has 1 aromatic carbocycles. The van der Waals surface area contributed by atoms with Gasteiger partial charge >= 0.3 is 5.97 Å². The minimum absolute atomic E-state index is 0.0956. The Morgan fingerprint density at radius 2 is 2.00 bits per heavy atom. The number of aromatic nitrogens is 1. The van der Waals surface area contributed by atoms with Gasteiger partial charge in [0.05, 0.1) is 24.1 Å². The molecule has 6 nitrogen and oxygen atoms in total. The zero-order valence-corrected chi connectivity index (χ0v) is 14.7. The summed E-state index contributed by atoms with van der Waals surface area (Å²) in [4.78, 5) is 28.8. The fourth-order valence-electron chi connectivity index (χ4n) is 3.73. The largest absolute Gasteiger partial charge is 0.497 e. The molecule has 0 unspecified atom stereocenters. The number of nitrogens with zero attached hydrogens (tertiary/aromatic N) is 1. The van der Waals surface area contributed by atoms with Crippen molar-refractivity contribution < 1.29 is 19.4 Å². The fourth-order valence-corrected chi connectivity index (χ4v) is 3.73. The third-order valence-electron chi connectivity index (χ3n) is 5.39. The van der Waals surface area contributed by atoms with Crippen molar-refractivity contribution in [3.05, 3.63) is 35.5 Å². The van der Waals surface area contributed by atoms with Gasteiger partial charge in [0.15, 0.2) is 0 Å². The summed E-state index contributed by atoms with van der Waals surface area (Å²) in [7, 11) is 1.59. The van der Waals surface area contributed by atoms with Gasteiger partial charge in [0.1, 0.15) is 5.75 Å². The smallest absolute Gasteiger partial charge is 0.306 e. The van der Waals surface area contributed by atoms with Gasteiger partial charge < -0.3 is 15.2 Å². The number of amides is 1. The highest BCUT2D eigenvalue weighted by molar-refractivity contribution is 6.06. The first kappa shape index (κ1) is 16.8. The maximum Gasteiger partial charge on any atom is 0.306 e. The Morgan fingerprint density at radius 1 is 1.19 bits per heavy atom. The van der Waals surface area contributed by atoms with Crippen molar-refractivity contribution in [3.8, 4) is 5.75 Å². The molecule has 2 fully saturated rings. The van der Waals surface area contributed by atoms with Crippen molar-refractivity contribution in [2.24, 2.45) is 5.92 Å². The number of carbonyl (C=O) groups is 2. The Bertz CT molecular complexity index is 875. The van der Waals surface area contributed by atoms with Crippen LogP contribution in [0.15, 0.2) is 24.3 Å². The minimum Gasteiger partial charge on any atom is -0.497 e. The average Bonchev–Trinajstić information content (AvgIpc) is 3.39. The average molecular weight is 354 g/mol. The second kappa shape index (κ2) is 6.59. The van der Waals surface area contributed by atoms with Crippen molar-refractivity contribution >= 4 is 22.8 Å². The summed E-state index contributed by atoms with van der Waals surface area (Å²) < 4.78 is 5.30. The van der Waals surface area contributed by atoms with Gasteiger partial charge in [0, 0.05) is 23.0 Å². The summed E-state index contributed by atoms with van der Waals surface area (Å²) in [5.41, 5.74) is 2.34. The minimum atomic E-state index is -0.781. The molecule has 4 rings (SSSR count). The number of benzene rings is 1. The van der Waals surface area contributed by atoms with Crippen molar-refractivity contribution in [3.63, 3.8) is 0 Å². The molecule has 2 atom stereocenters. The van der Waals surface area contributed by atoms with E-state index in [1.165, 1.54) is 0 Å². The number of ether oxygens (including phenoxy) is 1. The van der Waals surface area contributed by atoms with Crippen molar-refractivity contribution in [2.75, 3.05) is 7.11 Å². The van der Waals surface area contributed by atoms with Crippen LogP contribution in [-0.2, 0) is 4.79 Å². The monoisotopic (exact) mass is 354 g/mol.